The monoisotopic (exact) mass is 328 g/mol. The molecule has 2 aliphatic rings. The maximum Gasteiger partial charge on any atom is 0.264 e. The van der Waals surface area contributed by atoms with Gasteiger partial charge in [0.1, 0.15) is 5.75 Å². The van der Waals surface area contributed by atoms with Crippen molar-refractivity contribution in [1.29, 1.82) is 0 Å². The molecule has 1 aliphatic carbocycles. The minimum absolute atomic E-state index is 0.168. The number of nitrogens with zero attached hydrogens (tertiary/aromatic N) is 2. The molecule has 0 unspecified atom stereocenters. The Labute approximate surface area is 140 Å². The van der Waals surface area contributed by atoms with Crippen LogP contribution in [0.15, 0.2) is 30.3 Å². The van der Waals surface area contributed by atoms with Crippen LogP contribution >= 0.6 is 11.3 Å². The third-order valence-electron chi connectivity index (χ3n) is 4.75. The highest BCUT2D eigenvalue weighted by Gasteiger charge is 2.26. The van der Waals surface area contributed by atoms with Crippen molar-refractivity contribution >= 4 is 22.9 Å². The van der Waals surface area contributed by atoms with E-state index in [1.807, 2.05) is 23.1 Å². The van der Waals surface area contributed by atoms with E-state index in [-0.39, 0.29) is 5.91 Å². The largest absolute Gasteiger partial charge is 0.506 e. The van der Waals surface area contributed by atoms with Crippen LogP contribution in [-0.2, 0) is 12.8 Å². The Bertz CT molecular complexity index is 711. The van der Waals surface area contributed by atoms with E-state index >= 15 is 0 Å². The van der Waals surface area contributed by atoms with Gasteiger partial charge in [0.2, 0.25) is 0 Å². The molecule has 1 aromatic heterocycles. The van der Waals surface area contributed by atoms with Crippen LogP contribution in [0, 0.1) is 0 Å². The van der Waals surface area contributed by atoms with E-state index < -0.39 is 0 Å². The van der Waals surface area contributed by atoms with Crippen LogP contribution in [0.1, 0.15) is 26.5 Å². The standard InChI is InChI=1S/C18H20N2O2S/c21-15-6-2-1-5-14(15)19-8-10-20(11-9-19)18(22)17-12-13-4-3-7-16(13)23-17/h1-2,5-6,12,21H,3-4,7-11H2. The molecule has 0 spiro atoms. The molecular formula is C18H20N2O2S. The molecule has 0 atom stereocenters. The van der Waals surface area contributed by atoms with Gasteiger partial charge in [0.05, 0.1) is 10.6 Å². The van der Waals surface area contributed by atoms with Gasteiger partial charge >= 0.3 is 0 Å². The van der Waals surface area contributed by atoms with Crippen LogP contribution in [0.5, 0.6) is 5.75 Å². The van der Waals surface area contributed by atoms with E-state index in [0.717, 1.165) is 36.5 Å². The van der Waals surface area contributed by atoms with Crippen molar-refractivity contribution in [3.63, 3.8) is 0 Å². The summed E-state index contributed by atoms with van der Waals surface area (Å²) in [5.41, 5.74) is 2.24. The van der Waals surface area contributed by atoms with Gasteiger partial charge in [-0.1, -0.05) is 12.1 Å². The summed E-state index contributed by atoms with van der Waals surface area (Å²) in [5.74, 6) is 0.475. The summed E-state index contributed by atoms with van der Waals surface area (Å²) in [6.45, 7) is 2.92. The van der Waals surface area contributed by atoms with Crippen molar-refractivity contribution in [2.24, 2.45) is 0 Å². The molecule has 0 saturated carbocycles. The lowest BCUT2D eigenvalue weighted by Crippen LogP contribution is -2.48. The number of benzene rings is 1. The Kier molecular flexibility index (Phi) is 3.73. The zero-order chi connectivity index (χ0) is 15.8. The first-order chi connectivity index (χ1) is 11.2. The average Bonchev–Trinajstić information content (AvgIpc) is 3.16. The molecule has 1 N–H and O–H groups in total. The third kappa shape index (κ3) is 2.70. The maximum absolute atomic E-state index is 12.7. The molecule has 1 amide bonds. The first kappa shape index (κ1) is 14.6. The van der Waals surface area contributed by atoms with Gasteiger partial charge in [0.25, 0.3) is 5.91 Å². The second kappa shape index (κ2) is 5.89. The fourth-order valence-electron chi connectivity index (χ4n) is 3.47. The van der Waals surface area contributed by atoms with E-state index in [1.165, 1.54) is 16.9 Å². The quantitative estimate of drug-likeness (QED) is 0.922. The summed E-state index contributed by atoms with van der Waals surface area (Å²) < 4.78 is 0. The first-order valence-electron chi connectivity index (χ1n) is 8.16. The fraction of sp³-hybridized carbons (Fsp3) is 0.389. The Morgan fingerprint density at radius 2 is 1.87 bits per heavy atom. The smallest absolute Gasteiger partial charge is 0.264 e. The van der Waals surface area contributed by atoms with E-state index in [2.05, 4.69) is 11.0 Å². The van der Waals surface area contributed by atoms with Crippen molar-refractivity contribution in [1.82, 2.24) is 4.90 Å². The Morgan fingerprint density at radius 1 is 1.09 bits per heavy atom. The number of rotatable bonds is 2. The molecule has 1 fully saturated rings. The summed E-state index contributed by atoms with van der Waals surface area (Å²) in [7, 11) is 0. The minimum atomic E-state index is 0.168. The minimum Gasteiger partial charge on any atom is -0.506 e. The van der Waals surface area contributed by atoms with Crippen LogP contribution in [0.4, 0.5) is 5.69 Å². The summed E-state index contributed by atoms with van der Waals surface area (Å²) >= 11 is 1.68. The highest BCUT2D eigenvalue weighted by molar-refractivity contribution is 7.14. The molecule has 0 bridgehead atoms. The van der Waals surface area contributed by atoms with Crippen molar-refractivity contribution in [2.75, 3.05) is 31.1 Å². The second-order valence-corrected chi connectivity index (χ2v) is 7.32. The highest BCUT2D eigenvalue weighted by Crippen LogP contribution is 2.32. The average molecular weight is 328 g/mol. The lowest BCUT2D eigenvalue weighted by molar-refractivity contribution is 0.0751. The van der Waals surface area contributed by atoms with Gasteiger partial charge in [-0.2, -0.15) is 0 Å². The van der Waals surface area contributed by atoms with Gasteiger partial charge in [-0.05, 0) is 43.0 Å². The molecule has 4 rings (SSSR count). The number of carbonyl (C=O) groups is 1. The van der Waals surface area contributed by atoms with Crippen molar-refractivity contribution < 1.29 is 9.90 Å². The van der Waals surface area contributed by atoms with Crippen molar-refractivity contribution in [3.8, 4) is 5.75 Å². The van der Waals surface area contributed by atoms with Gasteiger partial charge in [0.15, 0.2) is 0 Å². The maximum atomic E-state index is 12.7. The molecule has 1 aromatic carbocycles. The van der Waals surface area contributed by atoms with E-state index in [4.69, 9.17) is 0 Å². The number of hydrogen-bond acceptors (Lipinski definition) is 4. The van der Waals surface area contributed by atoms with Gasteiger partial charge in [-0.15, -0.1) is 11.3 Å². The first-order valence-corrected chi connectivity index (χ1v) is 8.98. The molecular weight excluding hydrogens is 308 g/mol. The zero-order valence-electron chi connectivity index (χ0n) is 13.0. The number of aromatic hydroxyl groups is 1. The number of anilines is 1. The Morgan fingerprint density at radius 3 is 2.61 bits per heavy atom. The van der Waals surface area contributed by atoms with Crippen LogP contribution in [-0.4, -0.2) is 42.1 Å². The molecule has 4 nitrogen and oxygen atoms in total. The number of fused-ring (bicyclic) bond motifs is 1. The number of piperazine rings is 1. The number of phenolic OH excluding ortho intramolecular Hbond substituents is 1. The van der Waals surface area contributed by atoms with Gasteiger partial charge < -0.3 is 14.9 Å². The molecule has 2 aromatic rings. The van der Waals surface area contributed by atoms with Gasteiger partial charge in [-0.3, -0.25) is 4.79 Å². The molecule has 120 valence electrons. The number of aryl methyl sites for hydroxylation is 2. The topological polar surface area (TPSA) is 43.8 Å². The SMILES string of the molecule is O=C(c1cc2c(s1)CCC2)N1CCN(c2ccccc2O)CC1. The normalized spacial score (nSPS) is 17.4. The van der Waals surface area contributed by atoms with Gasteiger partial charge in [-0.25, -0.2) is 0 Å². The molecule has 23 heavy (non-hydrogen) atoms. The Hall–Kier alpha value is -2.01. The number of carbonyl (C=O) groups excluding carboxylic acids is 1. The summed E-state index contributed by atoms with van der Waals surface area (Å²) in [4.78, 5) is 19.1. The molecule has 1 aliphatic heterocycles. The summed E-state index contributed by atoms with van der Waals surface area (Å²) in [5, 5.41) is 9.96. The van der Waals surface area contributed by atoms with E-state index in [9.17, 15) is 9.90 Å². The lowest BCUT2D eigenvalue weighted by Gasteiger charge is -2.36. The predicted octanol–water partition coefficient (Wildman–Crippen LogP) is 2.90. The Balaban J connectivity index is 1.43. The molecule has 2 heterocycles. The van der Waals surface area contributed by atoms with Crippen molar-refractivity contribution in [3.05, 3.63) is 45.6 Å². The summed E-state index contributed by atoms with van der Waals surface area (Å²) in [6.07, 6.45) is 3.49. The molecule has 0 radical (unpaired) electrons. The zero-order valence-corrected chi connectivity index (χ0v) is 13.8. The number of thiophene rings is 1. The highest BCUT2D eigenvalue weighted by atomic mass is 32.1. The second-order valence-electron chi connectivity index (χ2n) is 6.18. The lowest BCUT2D eigenvalue weighted by atomic mass is 10.2. The predicted molar refractivity (Wildman–Crippen MR) is 92.6 cm³/mol. The number of phenols is 1. The van der Waals surface area contributed by atoms with Crippen LogP contribution in [0.2, 0.25) is 0 Å². The van der Waals surface area contributed by atoms with Crippen LogP contribution in [0.25, 0.3) is 0 Å². The van der Waals surface area contributed by atoms with E-state index in [1.54, 1.807) is 17.4 Å². The van der Waals surface area contributed by atoms with Crippen molar-refractivity contribution in [2.45, 2.75) is 19.3 Å². The summed E-state index contributed by atoms with van der Waals surface area (Å²) in [6, 6.07) is 9.50. The number of hydrogen-bond donors (Lipinski definition) is 1. The van der Waals surface area contributed by atoms with Gasteiger partial charge in [0, 0.05) is 31.1 Å². The number of para-hydroxylation sites is 2. The third-order valence-corrected chi connectivity index (χ3v) is 5.97. The number of amides is 1. The van der Waals surface area contributed by atoms with Crippen LogP contribution < -0.4 is 4.90 Å². The van der Waals surface area contributed by atoms with Crippen LogP contribution in [0.3, 0.4) is 0 Å². The molecule has 5 heteroatoms. The molecule has 1 saturated heterocycles. The fourth-order valence-corrected chi connectivity index (χ4v) is 4.69. The van der Waals surface area contributed by atoms with E-state index in [0.29, 0.717) is 18.8 Å².